The molecule has 5 rings (SSSR count). The molecule has 4 fully saturated rings. The molecule has 0 radical (unpaired) electrons. The number of aliphatic hydroxyl groups is 4. The molecule has 0 aromatic rings. The number of hydrogen-bond donors (Lipinski definition) is 4. The van der Waals surface area contributed by atoms with Gasteiger partial charge in [0.15, 0.2) is 0 Å². The van der Waals surface area contributed by atoms with Gasteiger partial charge in [0.25, 0.3) is 0 Å². The van der Waals surface area contributed by atoms with Crippen molar-refractivity contribution in [1.82, 2.24) is 0 Å². The van der Waals surface area contributed by atoms with E-state index >= 15 is 0 Å². The summed E-state index contributed by atoms with van der Waals surface area (Å²) in [4.78, 5) is 0. The maximum absolute atomic E-state index is 10.2. The Morgan fingerprint density at radius 3 is 2.44 bits per heavy atom. The van der Waals surface area contributed by atoms with Gasteiger partial charge in [0.05, 0.1) is 12.7 Å². The first-order chi connectivity index (χ1) is 22.9. The van der Waals surface area contributed by atoms with Crippen LogP contribution in [0.25, 0.3) is 0 Å². The second-order valence-corrected chi connectivity index (χ2v) is 18.5. The molecule has 1 aliphatic heterocycles. The van der Waals surface area contributed by atoms with Crippen LogP contribution in [-0.4, -0.2) is 75.3 Å². The molecular weight excluding hydrogens is 621 g/mol. The van der Waals surface area contributed by atoms with Crippen molar-refractivity contribution in [3.05, 3.63) is 23.8 Å². The second-order valence-electron chi connectivity index (χ2n) is 17.3. The molecule has 14 atom stereocenters. The van der Waals surface area contributed by atoms with Crippen molar-refractivity contribution >= 4 is 11.8 Å². The first kappa shape index (κ1) is 38.8. The summed E-state index contributed by atoms with van der Waals surface area (Å²) < 4.78 is 12.1. The standard InChI is InChI=1S/C41H70O6S/c1-7-28(26(2)3)13-12-27(4)32-16-17-33-31-15-14-29-24-30(18-20-40(29,5)34(31)19-21-41(32,33)6)46-22-10-8-9-11-23-48-39-38(45)37(44)36(43)35(25-42)47-39/h12-14,26-28,30-39,42-45H,7-11,15-25H2,1-6H3/t27-,28-,30+,31?,32-,33?,34?,35-,36-,37+,38+,39+,40+,41-/m1/s1. The Bertz CT molecular complexity index is 1080. The highest BCUT2D eigenvalue weighted by Gasteiger charge is 2.59. The minimum atomic E-state index is -1.29. The predicted octanol–water partition coefficient (Wildman–Crippen LogP) is 7.92. The number of unbranched alkanes of at least 4 members (excludes halogenated alkanes) is 3. The Morgan fingerprint density at radius 2 is 1.71 bits per heavy atom. The zero-order valence-electron chi connectivity index (χ0n) is 31.1. The van der Waals surface area contributed by atoms with Gasteiger partial charge in [-0.1, -0.05) is 78.2 Å². The van der Waals surface area contributed by atoms with Gasteiger partial charge < -0.3 is 29.9 Å². The number of rotatable bonds is 15. The van der Waals surface area contributed by atoms with Crippen LogP contribution in [0.3, 0.4) is 0 Å². The fraction of sp³-hybridized carbons (Fsp3) is 0.902. The van der Waals surface area contributed by atoms with Crippen LogP contribution in [0.2, 0.25) is 0 Å². The van der Waals surface area contributed by atoms with Crippen molar-refractivity contribution in [3.63, 3.8) is 0 Å². The van der Waals surface area contributed by atoms with E-state index in [0.717, 1.165) is 74.1 Å². The van der Waals surface area contributed by atoms with E-state index in [2.05, 4.69) is 59.8 Å². The van der Waals surface area contributed by atoms with Crippen LogP contribution >= 0.6 is 11.8 Å². The summed E-state index contributed by atoms with van der Waals surface area (Å²) in [6, 6.07) is 0. The van der Waals surface area contributed by atoms with E-state index in [0.29, 0.717) is 28.8 Å². The summed E-state index contributed by atoms with van der Waals surface area (Å²) in [7, 11) is 0. The molecule has 3 saturated carbocycles. The zero-order chi connectivity index (χ0) is 34.6. The van der Waals surface area contributed by atoms with E-state index in [1.54, 1.807) is 5.57 Å². The largest absolute Gasteiger partial charge is 0.394 e. The van der Waals surface area contributed by atoms with Crippen molar-refractivity contribution in [3.8, 4) is 0 Å². The van der Waals surface area contributed by atoms with E-state index in [4.69, 9.17) is 9.47 Å². The average Bonchev–Trinajstić information content (AvgIpc) is 3.43. The minimum Gasteiger partial charge on any atom is -0.394 e. The molecule has 276 valence electrons. The van der Waals surface area contributed by atoms with Gasteiger partial charge in [0, 0.05) is 6.61 Å². The fourth-order valence-electron chi connectivity index (χ4n) is 11.2. The monoisotopic (exact) mass is 690 g/mol. The lowest BCUT2D eigenvalue weighted by molar-refractivity contribution is -0.205. The SMILES string of the molecule is CC[C@H](C=C[C@@H](C)[C@H]1CCC2C3CC=C4C[C@@H](OCCCCCCS[C@@H]5O[C@H](CO)[C@@H](O)[C@H](O)[C@@H]5O)CC[C@]4(C)C3CC[C@@]21C)C(C)C. The minimum absolute atomic E-state index is 0.359. The first-order valence-electron chi connectivity index (χ1n) is 19.9. The third kappa shape index (κ3) is 8.13. The van der Waals surface area contributed by atoms with E-state index in [1.165, 1.54) is 63.1 Å². The molecule has 1 saturated heterocycles. The van der Waals surface area contributed by atoms with Gasteiger partial charge in [-0.3, -0.25) is 0 Å². The van der Waals surface area contributed by atoms with E-state index in [-0.39, 0.29) is 6.61 Å². The Morgan fingerprint density at radius 1 is 0.938 bits per heavy atom. The van der Waals surface area contributed by atoms with Crippen molar-refractivity contribution in [1.29, 1.82) is 0 Å². The highest BCUT2D eigenvalue weighted by molar-refractivity contribution is 7.99. The Hall–Kier alpha value is -0.410. The molecule has 0 spiro atoms. The number of thioether (sulfide) groups is 1. The van der Waals surface area contributed by atoms with Crippen LogP contribution in [0, 0.1) is 52.3 Å². The van der Waals surface area contributed by atoms with Crippen LogP contribution in [-0.2, 0) is 9.47 Å². The molecule has 6 nitrogen and oxygen atoms in total. The quantitative estimate of drug-likeness (QED) is 0.102. The van der Waals surface area contributed by atoms with Crippen molar-refractivity contribution in [2.24, 2.45) is 52.3 Å². The van der Waals surface area contributed by atoms with Gasteiger partial charge in [0.1, 0.15) is 29.9 Å². The predicted molar refractivity (Wildman–Crippen MR) is 197 cm³/mol. The molecule has 1 heterocycles. The summed E-state index contributed by atoms with van der Waals surface area (Å²) in [5.74, 6) is 6.31. The molecule has 0 bridgehead atoms. The number of aliphatic hydroxyl groups excluding tert-OH is 4. The number of fused-ring (bicyclic) bond motifs is 5. The second kappa shape index (κ2) is 16.9. The molecule has 7 heteroatoms. The van der Waals surface area contributed by atoms with Crippen molar-refractivity contribution in [2.45, 2.75) is 161 Å². The lowest BCUT2D eigenvalue weighted by atomic mass is 9.47. The van der Waals surface area contributed by atoms with E-state index in [9.17, 15) is 20.4 Å². The van der Waals surface area contributed by atoms with Gasteiger partial charge in [-0.2, -0.15) is 0 Å². The van der Waals surface area contributed by atoms with E-state index < -0.39 is 29.9 Å². The molecule has 0 aromatic carbocycles. The molecule has 4 N–H and O–H groups in total. The maximum atomic E-state index is 10.2. The van der Waals surface area contributed by atoms with E-state index in [1.807, 2.05) is 0 Å². The van der Waals surface area contributed by atoms with Crippen molar-refractivity contribution < 1.29 is 29.9 Å². The third-order valence-electron chi connectivity index (χ3n) is 14.3. The summed E-state index contributed by atoms with van der Waals surface area (Å²) in [6.45, 7) is 15.3. The van der Waals surface area contributed by atoms with Crippen LogP contribution in [0.15, 0.2) is 23.8 Å². The Balaban J connectivity index is 1.04. The Kier molecular flexibility index (Phi) is 13.7. The van der Waals surface area contributed by atoms with Crippen LogP contribution < -0.4 is 0 Å². The normalized spacial score (nSPS) is 42.7. The van der Waals surface area contributed by atoms with Crippen LogP contribution in [0.4, 0.5) is 0 Å². The lowest BCUT2D eigenvalue weighted by Gasteiger charge is -2.58. The average molecular weight is 691 g/mol. The highest BCUT2D eigenvalue weighted by atomic mass is 32.2. The molecule has 0 amide bonds. The molecule has 0 aromatic heterocycles. The number of ether oxygens (including phenoxy) is 2. The molecule has 5 aliphatic rings. The maximum Gasteiger partial charge on any atom is 0.132 e. The summed E-state index contributed by atoms with van der Waals surface area (Å²) in [6.07, 6.45) is 19.7. The van der Waals surface area contributed by atoms with Gasteiger partial charge in [0.2, 0.25) is 0 Å². The summed E-state index contributed by atoms with van der Waals surface area (Å²) >= 11 is 1.45. The topological polar surface area (TPSA) is 99.4 Å². The number of allylic oxidation sites excluding steroid dienone is 3. The smallest absolute Gasteiger partial charge is 0.132 e. The molecule has 48 heavy (non-hydrogen) atoms. The molecular formula is C41H70O6S. The Labute approximate surface area is 296 Å². The van der Waals surface area contributed by atoms with Gasteiger partial charge >= 0.3 is 0 Å². The lowest BCUT2D eigenvalue weighted by Crippen LogP contribution is -2.57. The summed E-state index contributed by atoms with van der Waals surface area (Å²) in [5, 5.41) is 39.6. The third-order valence-corrected chi connectivity index (χ3v) is 15.5. The zero-order valence-corrected chi connectivity index (χ0v) is 31.9. The van der Waals surface area contributed by atoms with Gasteiger partial charge in [-0.25, -0.2) is 0 Å². The highest BCUT2D eigenvalue weighted by Crippen LogP contribution is 2.67. The van der Waals surface area contributed by atoms with Gasteiger partial charge in [-0.05, 0) is 129 Å². The number of hydrogen-bond acceptors (Lipinski definition) is 7. The van der Waals surface area contributed by atoms with Crippen LogP contribution in [0.1, 0.15) is 125 Å². The van der Waals surface area contributed by atoms with Crippen molar-refractivity contribution in [2.75, 3.05) is 19.0 Å². The van der Waals surface area contributed by atoms with Crippen LogP contribution in [0.5, 0.6) is 0 Å². The molecule has 4 aliphatic carbocycles. The molecule has 3 unspecified atom stereocenters. The van der Waals surface area contributed by atoms with Gasteiger partial charge in [-0.15, -0.1) is 11.8 Å². The fourth-order valence-corrected chi connectivity index (χ4v) is 12.4. The summed E-state index contributed by atoms with van der Waals surface area (Å²) in [5.41, 5.74) is 1.93. The first-order valence-corrected chi connectivity index (χ1v) is 20.9.